The van der Waals surface area contributed by atoms with Gasteiger partial charge in [-0.05, 0) is 23.5 Å². The Morgan fingerprint density at radius 3 is 2.27 bits per heavy atom. The molecule has 0 saturated carbocycles. The maximum Gasteiger partial charge on any atom is 0.0715 e. The van der Waals surface area contributed by atoms with Gasteiger partial charge >= 0.3 is 0 Å². The quantitative estimate of drug-likeness (QED) is 0.748. The standard InChI is InChI=1S/C13H16BrN/c1-10(2)7-13(9-15)12-5-3-11(8-14)4-6-12/h3-6,10,13H,7-8H2,1-2H3. The molecule has 1 aromatic carbocycles. The van der Waals surface area contributed by atoms with Gasteiger partial charge in [-0.25, -0.2) is 0 Å². The molecule has 1 rings (SSSR count). The zero-order valence-corrected chi connectivity index (χ0v) is 10.8. The van der Waals surface area contributed by atoms with Crippen molar-refractivity contribution in [3.05, 3.63) is 35.4 Å². The zero-order valence-electron chi connectivity index (χ0n) is 9.20. The van der Waals surface area contributed by atoms with E-state index in [0.29, 0.717) is 5.92 Å². The smallest absolute Gasteiger partial charge is 0.0715 e. The van der Waals surface area contributed by atoms with Gasteiger partial charge in [-0.2, -0.15) is 5.26 Å². The van der Waals surface area contributed by atoms with Crippen molar-refractivity contribution in [2.45, 2.75) is 31.5 Å². The fourth-order valence-corrected chi connectivity index (χ4v) is 1.95. The number of alkyl halides is 1. The van der Waals surface area contributed by atoms with Crippen LogP contribution in [0.25, 0.3) is 0 Å². The van der Waals surface area contributed by atoms with Gasteiger partial charge in [0.05, 0.1) is 12.0 Å². The third-order valence-corrected chi connectivity index (χ3v) is 3.05. The molecular formula is C13H16BrN. The molecule has 0 aliphatic heterocycles. The van der Waals surface area contributed by atoms with E-state index in [4.69, 9.17) is 5.26 Å². The first-order valence-electron chi connectivity index (χ1n) is 5.21. The van der Waals surface area contributed by atoms with Crippen LogP contribution in [0, 0.1) is 17.2 Å². The van der Waals surface area contributed by atoms with Crippen LogP contribution >= 0.6 is 15.9 Å². The van der Waals surface area contributed by atoms with E-state index in [-0.39, 0.29) is 5.92 Å². The van der Waals surface area contributed by atoms with Crippen molar-refractivity contribution in [1.82, 2.24) is 0 Å². The van der Waals surface area contributed by atoms with E-state index < -0.39 is 0 Å². The molecular weight excluding hydrogens is 250 g/mol. The van der Waals surface area contributed by atoms with Crippen LogP contribution in [0.15, 0.2) is 24.3 Å². The summed E-state index contributed by atoms with van der Waals surface area (Å²) in [6.45, 7) is 4.30. The number of hydrogen-bond donors (Lipinski definition) is 0. The van der Waals surface area contributed by atoms with E-state index in [2.05, 4.69) is 60.1 Å². The Balaban J connectivity index is 2.80. The van der Waals surface area contributed by atoms with E-state index in [1.807, 2.05) is 0 Å². The minimum absolute atomic E-state index is 0.0365. The Kier molecular flexibility index (Phi) is 4.84. The van der Waals surface area contributed by atoms with Gasteiger partial charge in [-0.15, -0.1) is 0 Å². The summed E-state index contributed by atoms with van der Waals surface area (Å²) in [5.74, 6) is 0.597. The number of benzene rings is 1. The average molecular weight is 266 g/mol. The molecule has 1 nitrogen and oxygen atoms in total. The molecule has 0 spiro atoms. The van der Waals surface area contributed by atoms with E-state index in [0.717, 1.165) is 17.3 Å². The zero-order chi connectivity index (χ0) is 11.3. The minimum atomic E-state index is 0.0365. The normalized spacial score (nSPS) is 12.5. The van der Waals surface area contributed by atoms with Crippen LogP contribution in [-0.2, 0) is 5.33 Å². The predicted octanol–water partition coefficient (Wildman–Crippen LogP) is 4.23. The summed E-state index contributed by atoms with van der Waals surface area (Å²) in [6, 6.07) is 10.7. The SMILES string of the molecule is CC(C)CC(C#N)c1ccc(CBr)cc1. The van der Waals surface area contributed by atoms with Gasteiger partial charge in [0, 0.05) is 5.33 Å². The second-order valence-electron chi connectivity index (χ2n) is 4.19. The van der Waals surface area contributed by atoms with Crippen molar-refractivity contribution < 1.29 is 0 Å². The summed E-state index contributed by atoms with van der Waals surface area (Å²) in [4.78, 5) is 0. The van der Waals surface area contributed by atoms with E-state index in [1.54, 1.807) is 0 Å². The number of halogens is 1. The lowest BCUT2D eigenvalue weighted by Gasteiger charge is -2.12. The topological polar surface area (TPSA) is 23.8 Å². The Morgan fingerprint density at radius 1 is 1.27 bits per heavy atom. The van der Waals surface area contributed by atoms with Crippen molar-refractivity contribution in [2.75, 3.05) is 0 Å². The van der Waals surface area contributed by atoms with E-state index >= 15 is 0 Å². The molecule has 1 atom stereocenters. The summed E-state index contributed by atoms with van der Waals surface area (Å²) in [6.07, 6.45) is 0.935. The van der Waals surface area contributed by atoms with Crippen LogP contribution in [0.2, 0.25) is 0 Å². The van der Waals surface area contributed by atoms with Crippen LogP contribution in [0.3, 0.4) is 0 Å². The summed E-state index contributed by atoms with van der Waals surface area (Å²) in [7, 11) is 0. The van der Waals surface area contributed by atoms with Gasteiger partial charge in [0.25, 0.3) is 0 Å². The Labute approximate surface area is 100 Å². The van der Waals surface area contributed by atoms with Crippen molar-refractivity contribution in [1.29, 1.82) is 5.26 Å². The number of rotatable bonds is 4. The summed E-state index contributed by atoms with van der Waals surface area (Å²) >= 11 is 3.41. The lowest BCUT2D eigenvalue weighted by atomic mass is 9.91. The molecule has 0 amide bonds. The summed E-state index contributed by atoms with van der Waals surface area (Å²) in [5, 5.41) is 9.97. The molecule has 0 aromatic heterocycles. The van der Waals surface area contributed by atoms with Crippen molar-refractivity contribution in [2.24, 2.45) is 5.92 Å². The molecule has 0 radical (unpaired) electrons. The molecule has 0 saturated heterocycles. The molecule has 80 valence electrons. The largest absolute Gasteiger partial charge is 0.198 e. The molecule has 1 unspecified atom stereocenters. The number of nitrogens with zero attached hydrogens (tertiary/aromatic N) is 1. The highest BCUT2D eigenvalue weighted by Crippen LogP contribution is 2.23. The van der Waals surface area contributed by atoms with Gasteiger partial charge in [0.2, 0.25) is 0 Å². The van der Waals surface area contributed by atoms with Gasteiger partial charge < -0.3 is 0 Å². The average Bonchev–Trinajstić information content (AvgIpc) is 2.26. The highest BCUT2D eigenvalue weighted by molar-refractivity contribution is 9.08. The fraction of sp³-hybridized carbons (Fsp3) is 0.462. The fourth-order valence-electron chi connectivity index (χ4n) is 1.57. The predicted molar refractivity (Wildman–Crippen MR) is 66.9 cm³/mol. The van der Waals surface area contributed by atoms with Crippen molar-refractivity contribution in [3.63, 3.8) is 0 Å². The van der Waals surface area contributed by atoms with Gasteiger partial charge in [0.15, 0.2) is 0 Å². The van der Waals surface area contributed by atoms with Crippen LogP contribution < -0.4 is 0 Å². The van der Waals surface area contributed by atoms with E-state index in [1.165, 1.54) is 5.56 Å². The highest BCUT2D eigenvalue weighted by Gasteiger charge is 2.11. The first kappa shape index (κ1) is 12.3. The second kappa shape index (κ2) is 5.92. The van der Waals surface area contributed by atoms with Crippen LogP contribution in [0.5, 0.6) is 0 Å². The molecule has 0 heterocycles. The number of hydrogen-bond acceptors (Lipinski definition) is 1. The van der Waals surface area contributed by atoms with Crippen molar-refractivity contribution in [3.8, 4) is 6.07 Å². The first-order chi connectivity index (χ1) is 7.17. The van der Waals surface area contributed by atoms with Crippen LogP contribution in [0.4, 0.5) is 0 Å². The Bertz CT molecular complexity index is 335. The van der Waals surface area contributed by atoms with Crippen molar-refractivity contribution >= 4 is 15.9 Å². The van der Waals surface area contributed by atoms with E-state index in [9.17, 15) is 0 Å². The second-order valence-corrected chi connectivity index (χ2v) is 4.75. The minimum Gasteiger partial charge on any atom is -0.198 e. The molecule has 0 N–H and O–H groups in total. The molecule has 15 heavy (non-hydrogen) atoms. The molecule has 0 aliphatic rings. The van der Waals surface area contributed by atoms with Crippen LogP contribution in [-0.4, -0.2) is 0 Å². The first-order valence-corrected chi connectivity index (χ1v) is 6.34. The van der Waals surface area contributed by atoms with Gasteiger partial charge in [0.1, 0.15) is 0 Å². The Morgan fingerprint density at radius 2 is 1.87 bits per heavy atom. The molecule has 0 aliphatic carbocycles. The Hall–Kier alpha value is -0.810. The maximum atomic E-state index is 9.10. The third-order valence-electron chi connectivity index (χ3n) is 2.40. The lowest BCUT2D eigenvalue weighted by Crippen LogP contribution is -2.00. The number of nitriles is 1. The molecule has 2 heteroatoms. The molecule has 1 aromatic rings. The monoisotopic (exact) mass is 265 g/mol. The van der Waals surface area contributed by atoms with Crippen LogP contribution in [0.1, 0.15) is 37.3 Å². The summed E-state index contributed by atoms with van der Waals surface area (Å²) < 4.78 is 0. The summed E-state index contributed by atoms with van der Waals surface area (Å²) in [5.41, 5.74) is 2.39. The molecule has 0 fully saturated rings. The third kappa shape index (κ3) is 3.68. The lowest BCUT2D eigenvalue weighted by molar-refractivity contribution is 0.555. The maximum absolute atomic E-state index is 9.10. The highest BCUT2D eigenvalue weighted by atomic mass is 79.9. The van der Waals surface area contributed by atoms with Gasteiger partial charge in [-0.3, -0.25) is 0 Å². The molecule has 0 bridgehead atoms. The van der Waals surface area contributed by atoms with Gasteiger partial charge in [-0.1, -0.05) is 54.0 Å².